The quantitative estimate of drug-likeness (QED) is 0.449. The number of nitrogens with zero attached hydrogens (tertiary/aromatic N) is 1. The normalized spacial score (nSPS) is 33.3. The van der Waals surface area contributed by atoms with E-state index in [1.165, 1.54) is 13.1 Å². The predicted molar refractivity (Wildman–Crippen MR) is 72.7 cm³/mol. The minimum absolute atomic E-state index is 0.146. The Balaban J connectivity index is 2.02. The number of hydrogen-bond donors (Lipinski definition) is 4. The number of hydrogen-bond acceptors (Lipinski definition) is 7. The Labute approximate surface area is 128 Å². The van der Waals surface area contributed by atoms with Crippen LogP contribution in [0.2, 0.25) is 0 Å². The molecular formula is C11H15N2O9P. The first-order chi connectivity index (χ1) is 10.7. The molecule has 4 N–H and O–H groups in total. The van der Waals surface area contributed by atoms with Gasteiger partial charge in [0.1, 0.15) is 17.8 Å². The van der Waals surface area contributed by atoms with E-state index in [9.17, 15) is 19.3 Å². The zero-order valence-corrected chi connectivity index (χ0v) is 12.8. The van der Waals surface area contributed by atoms with Crippen LogP contribution in [-0.4, -0.2) is 55.5 Å². The lowest BCUT2D eigenvalue weighted by atomic mass is 10.0. The Hall–Kier alpha value is -1.33. The zero-order valence-electron chi connectivity index (χ0n) is 11.9. The molecule has 0 amide bonds. The molecule has 4 atom stereocenters. The van der Waals surface area contributed by atoms with Crippen LogP contribution in [0.25, 0.3) is 0 Å². The molecule has 12 heteroatoms. The number of fused-ring (bicyclic) bond motifs is 2. The highest BCUT2D eigenvalue weighted by atomic mass is 31.2. The van der Waals surface area contributed by atoms with Gasteiger partial charge in [0, 0.05) is 11.8 Å². The average molecular weight is 350 g/mol. The number of aromatic amines is 1. The number of aliphatic hydroxyl groups is 1. The monoisotopic (exact) mass is 350 g/mol. The van der Waals surface area contributed by atoms with Crippen LogP contribution in [0, 0.1) is 6.92 Å². The summed E-state index contributed by atoms with van der Waals surface area (Å²) in [7, 11) is -4.87. The van der Waals surface area contributed by atoms with Gasteiger partial charge in [0.25, 0.3) is 5.56 Å². The van der Waals surface area contributed by atoms with Gasteiger partial charge in [-0.2, -0.15) is 0 Å². The summed E-state index contributed by atoms with van der Waals surface area (Å²) in [6, 6.07) is 0. The Morgan fingerprint density at radius 1 is 1.52 bits per heavy atom. The van der Waals surface area contributed by atoms with Gasteiger partial charge in [-0.25, -0.2) is 9.36 Å². The van der Waals surface area contributed by atoms with Gasteiger partial charge in [-0.1, -0.05) is 0 Å². The number of phosphoric acid groups is 1. The van der Waals surface area contributed by atoms with E-state index in [1.807, 2.05) is 0 Å². The summed E-state index contributed by atoms with van der Waals surface area (Å²) >= 11 is 0. The van der Waals surface area contributed by atoms with Gasteiger partial charge in [-0.15, -0.1) is 0 Å². The van der Waals surface area contributed by atoms with Crippen molar-refractivity contribution in [1.29, 1.82) is 0 Å². The maximum Gasteiger partial charge on any atom is 0.470 e. The van der Waals surface area contributed by atoms with Crippen molar-refractivity contribution in [3.8, 4) is 0 Å². The fourth-order valence-electron chi connectivity index (χ4n) is 2.81. The maximum absolute atomic E-state index is 12.0. The Kier molecular flexibility index (Phi) is 3.84. The third-order valence-corrected chi connectivity index (χ3v) is 4.41. The van der Waals surface area contributed by atoms with E-state index in [1.54, 1.807) is 0 Å². The molecule has 2 aliphatic heterocycles. The minimum Gasteiger partial charge on any atom is -0.393 e. The van der Waals surface area contributed by atoms with Gasteiger partial charge in [0.15, 0.2) is 6.23 Å². The predicted octanol–water partition coefficient (Wildman–Crippen LogP) is -2.02. The van der Waals surface area contributed by atoms with Crippen molar-refractivity contribution in [2.45, 2.75) is 31.0 Å². The molecule has 0 aromatic carbocycles. The number of nitrogens with one attached hydrogen (secondary N) is 1. The molecular weight excluding hydrogens is 335 g/mol. The Morgan fingerprint density at radius 2 is 2.22 bits per heavy atom. The van der Waals surface area contributed by atoms with Crippen molar-refractivity contribution in [1.82, 2.24) is 9.55 Å². The number of ether oxygens (including phenoxy) is 2. The molecule has 3 heterocycles. The van der Waals surface area contributed by atoms with E-state index >= 15 is 0 Å². The molecule has 0 spiro atoms. The summed E-state index contributed by atoms with van der Waals surface area (Å²) < 4.78 is 27.9. The first kappa shape index (κ1) is 16.5. The van der Waals surface area contributed by atoms with Crippen molar-refractivity contribution in [3.05, 3.63) is 32.6 Å². The molecule has 23 heavy (non-hydrogen) atoms. The van der Waals surface area contributed by atoms with Crippen molar-refractivity contribution < 1.29 is 33.5 Å². The molecule has 128 valence electrons. The van der Waals surface area contributed by atoms with Crippen LogP contribution >= 0.6 is 7.82 Å². The summed E-state index contributed by atoms with van der Waals surface area (Å²) in [5, 5.41) is 9.56. The van der Waals surface area contributed by atoms with Gasteiger partial charge in [0.05, 0.1) is 13.2 Å². The first-order valence-electron chi connectivity index (χ1n) is 6.63. The molecule has 2 bridgehead atoms. The molecule has 3 rings (SSSR count). The number of phosphoric ester groups is 1. The van der Waals surface area contributed by atoms with Crippen molar-refractivity contribution >= 4 is 7.82 Å². The van der Waals surface area contributed by atoms with Crippen molar-refractivity contribution in [2.75, 3.05) is 13.2 Å². The number of H-pyrrole nitrogens is 1. The second kappa shape index (κ2) is 5.35. The van der Waals surface area contributed by atoms with E-state index in [2.05, 4.69) is 4.98 Å². The third-order valence-electron chi connectivity index (χ3n) is 3.91. The van der Waals surface area contributed by atoms with Crippen LogP contribution in [0.1, 0.15) is 11.8 Å². The summed E-state index contributed by atoms with van der Waals surface area (Å²) in [4.78, 5) is 43.5. The largest absolute Gasteiger partial charge is 0.470 e. The van der Waals surface area contributed by atoms with Gasteiger partial charge in [-0.05, 0) is 6.92 Å². The van der Waals surface area contributed by atoms with E-state index in [4.69, 9.17) is 23.8 Å². The number of rotatable bonds is 4. The van der Waals surface area contributed by atoms with Gasteiger partial charge >= 0.3 is 13.5 Å². The molecule has 0 saturated carbocycles. The van der Waals surface area contributed by atoms with Crippen LogP contribution in [0.5, 0.6) is 0 Å². The Bertz CT molecular complexity index is 782. The smallest absolute Gasteiger partial charge is 0.393 e. The molecule has 0 radical (unpaired) electrons. The molecule has 0 aliphatic carbocycles. The highest BCUT2D eigenvalue weighted by molar-refractivity contribution is 7.46. The van der Waals surface area contributed by atoms with Gasteiger partial charge in [-0.3, -0.25) is 18.9 Å². The van der Waals surface area contributed by atoms with Crippen LogP contribution in [-0.2, 0) is 18.6 Å². The highest BCUT2D eigenvalue weighted by Crippen LogP contribution is 2.51. The number of aliphatic hydroxyl groups excluding tert-OH is 1. The standard InChI is InChI=1S/C11H15N2O9P/c1-5-2-13(10(16)12-8(5)15)9-6-7(22-23(17,18)19)11(3-14,21-9)4-20-6/h2,6-7,9,14H,3-4H2,1H3,(H,12,15,16)(H2,17,18,19)/t6-,7+,9+,11+/m1/s1. The molecule has 2 saturated heterocycles. The second-order valence-electron chi connectivity index (χ2n) is 5.50. The van der Waals surface area contributed by atoms with Crippen LogP contribution in [0.15, 0.2) is 15.8 Å². The number of aromatic nitrogens is 2. The zero-order chi connectivity index (χ0) is 17.0. The number of aryl methyl sites for hydroxylation is 1. The molecule has 0 unspecified atom stereocenters. The highest BCUT2D eigenvalue weighted by Gasteiger charge is 2.64. The van der Waals surface area contributed by atoms with E-state index in [0.29, 0.717) is 0 Å². The fourth-order valence-corrected chi connectivity index (χ4v) is 3.42. The van der Waals surface area contributed by atoms with E-state index in [0.717, 1.165) is 4.57 Å². The summed E-state index contributed by atoms with van der Waals surface area (Å²) in [6.45, 7) is 0.711. The maximum atomic E-state index is 12.0. The fraction of sp³-hybridized carbons (Fsp3) is 0.636. The summed E-state index contributed by atoms with van der Waals surface area (Å²) in [6.07, 6.45) is -2.15. The van der Waals surface area contributed by atoms with E-state index < -0.39 is 49.7 Å². The third kappa shape index (κ3) is 2.70. The molecule has 2 fully saturated rings. The Morgan fingerprint density at radius 3 is 2.83 bits per heavy atom. The average Bonchev–Trinajstić information content (AvgIpc) is 2.93. The minimum atomic E-state index is -4.87. The topological polar surface area (TPSA) is 160 Å². The van der Waals surface area contributed by atoms with Crippen LogP contribution < -0.4 is 11.2 Å². The van der Waals surface area contributed by atoms with Gasteiger partial charge in [0.2, 0.25) is 0 Å². The summed E-state index contributed by atoms with van der Waals surface area (Å²) in [5.74, 6) is 0. The second-order valence-corrected chi connectivity index (χ2v) is 6.69. The van der Waals surface area contributed by atoms with Crippen molar-refractivity contribution in [2.24, 2.45) is 0 Å². The molecule has 11 nitrogen and oxygen atoms in total. The molecule has 1 aromatic rings. The lowest BCUT2D eigenvalue weighted by Gasteiger charge is -2.29. The molecule has 2 aliphatic rings. The van der Waals surface area contributed by atoms with Gasteiger partial charge < -0.3 is 24.4 Å². The molecule has 1 aromatic heterocycles. The first-order valence-corrected chi connectivity index (χ1v) is 8.16. The van der Waals surface area contributed by atoms with Crippen LogP contribution in [0.4, 0.5) is 0 Å². The SMILES string of the molecule is Cc1cn([C@H]2O[C@@]3(CO)CO[C@@H]2[C@@H]3OP(=O)(O)O)c(=O)[nH]c1=O. The summed E-state index contributed by atoms with van der Waals surface area (Å²) in [5.41, 5.74) is -2.60. The lowest BCUT2D eigenvalue weighted by Crippen LogP contribution is -2.45. The van der Waals surface area contributed by atoms with Crippen LogP contribution in [0.3, 0.4) is 0 Å². The van der Waals surface area contributed by atoms with Crippen molar-refractivity contribution in [3.63, 3.8) is 0 Å². The van der Waals surface area contributed by atoms with E-state index in [-0.39, 0.29) is 12.2 Å². The lowest BCUT2D eigenvalue weighted by molar-refractivity contribution is -0.187.